The molecule has 0 saturated carbocycles. The van der Waals surface area contributed by atoms with Crippen molar-refractivity contribution in [3.8, 4) is 5.75 Å². The summed E-state index contributed by atoms with van der Waals surface area (Å²) in [5, 5.41) is 12.0. The summed E-state index contributed by atoms with van der Waals surface area (Å²) >= 11 is 0. The van der Waals surface area contributed by atoms with Gasteiger partial charge in [0.25, 0.3) is 0 Å². The van der Waals surface area contributed by atoms with E-state index in [2.05, 4.69) is 4.98 Å². The van der Waals surface area contributed by atoms with Gasteiger partial charge in [0.15, 0.2) is 5.75 Å². The average molecular weight is 352 g/mol. The molecule has 7 heteroatoms. The molecular formula is C19H16N2O5. The molecule has 1 heterocycles. The van der Waals surface area contributed by atoms with Gasteiger partial charge in [-0.1, -0.05) is 30.3 Å². The van der Waals surface area contributed by atoms with Gasteiger partial charge in [-0.15, -0.1) is 0 Å². The van der Waals surface area contributed by atoms with Gasteiger partial charge in [-0.3, -0.25) is 10.1 Å². The molecule has 0 atom stereocenters. The van der Waals surface area contributed by atoms with E-state index in [0.717, 1.165) is 10.9 Å². The zero-order chi connectivity index (χ0) is 18.7. The number of ether oxygens (including phenoxy) is 2. The van der Waals surface area contributed by atoms with Crippen molar-refractivity contribution < 1.29 is 19.2 Å². The van der Waals surface area contributed by atoms with E-state index < -0.39 is 10.9 Å². The number of nitro groups is 1. The molecule has 0 amide bonds. The molecule has 26 heavy (non-hydrogen) atoms. The summed E-state index contributed by atoms with van der Waals surface area (Å²) in [6.45, 7) is 1.71. The molecule has 0 unspecified atom stereocenters. The molecule has 0 aliphatic carbocycles. The Hall–Kier alpha value is -3.48. The average Bonchev–Trinajstić information content (AvgIpc) is 2.66. The van der Waals surface area contributed by atoms with Crippen molar-refractivity contribution in [3.63, 3.8) is 0 Å². The van der Waals surface area contributed by atoms with Crippen molar-refractivity contribution >= 4 is 22.6 Å². The molecule has 3 aromatic rings. The third-order valence-electron chi connectivity index (χ3n) is 4.04. The van der Waals surface area contributed by atoms with Crippen LogP contribution in [-0.4, -0.2) is 23.0 Å². The van der Waals surface area contributed by atoms with E-state index in [9.17, 15) is 14.9 Å². The number of aromatic nitrogens is 1. The van der Waals surface area contributed by atoms with Crippen LogP contribution in [0.3, 0.4) is 0 Å². The lowest BCUT2D eigenvalue weighted by molar-refractivity contribution is -0.385. The number of hydrogen-bond acceptors (Lipinski definition) is 6. The van der Waals surface area contributed by atoms with Gasteiger partial charge in [-0.25, -0.2) is 9.78 Å². The van der Waals surface area contributed by atoms with Gasteiger partial charge in [0.1, 0.15) is 6.61 Å². The predicted octanol–water partition coefficient (Wildman–Crippen LogP) is 3.82. The second-order valence-corrected chi connectivity index (χ2v) is 5.58. The number of methoxy groups -OCH3 is 1. The highest BCUT2D eigenvalue weighted by molar-refractivity contribution is 5.98. The Kier molecular flexibility index (Phi) is 4.79. The Morgan fingerprint density at radius 3 is 2.58 bits per heavy atom. The lowest BCUT2D eigenvalue weighted by atomic mass is 10.0. The largest absolute Gasteiger partial charge is 0.480 e. The van der Waals surface area contributed by atoms with E-state index >= 15 is 0 Å². The summed E-state index contributed by atoms with van der Waals surface area (Å²) in [6, 6.07) is 13.5. The molecule has 0 aliphatic rings. The molecule has 7 nitrogen and oxygen atoms in total. The smallest absolute Gasteiger partial charge is 0.340 e. The summed E-state index contributed by atoms with van der Waals surface area (Å²) in [5.41, 5.74) is 1.96. The number of fused-ring (bicyclic) bond motifs is 1. The van der Waals surface area contributed by atoms with Crippen LogP contribution in [0.25, 0.3) is 10.9 Å². The third-order valence-corrected chi connectivity index (χ3v) is 4.04. The molecule has 0 fully saturated rings. The zero-order valence-electron chi connectivity index (χ0n) is 14.3. The van der Waals surface area contributed by atoms with Gasteiger partial charge in [0.2, 0.25) is 0 Å². The highest BCUT2D eigenvalue weighted by atomic mass is 16.6. The fourth-order valence-corrected chi connectivity index (χ4v) is 2.79. The highest BCUT2D eigenvalue weighted by Gasteiger charge is 2.21. The van der Waals surface area contributed by atoms with Crippen molar-refractivity contribution in [2.75, 3.05) is 7.11 Å². The quantitative estimate of drug-likeness (QED) is 0.394. The molecule has 0 aliphatic heterocycles. The topological polar surface area (TPSA) is 91.6 Å². The first-order chi connectivity index (χ1) is 12.5. The van der Waals surface area contributed by atoms with E-state index in [1.54, 1.807) is 12.1 Å². The van der Waals surface area contributed by atoms with Crippen LogP contribution in [0, 0.1) is 17.0 Å². The van der Waals surface area contributed by atoms with Gasteiger partial charge < -0.3 is 9.47 Å². The third kappa shape index (κ3) is 3.19. The SMILES string of the molecule is COC(=O)c1c(COc2ccccc2[N+](=O)[O-])nc2ccccc2c1C. The normalized spacial score (nSPS) is 10.5. The number of esters is 1. The van der Waals surface area contributed by atoms with E-state index in [-0.39, 0.29) is 18.0 Å². The van der Waals surface area contributed by atoms with Gasteiger partial charge in [0.05, 0.1) is 28.8 Å². The number of nitro benzene ring substituents is 1. The number of carbonyl (C=O) groups is 1. The Labute approximate surface area is 149 Å². The summed E-state index contributed by atoms with van der Waals surface area (Å²) in [6.07, 6.45) is 0. The van der Waals surface area contributed by atoms with Crippen LogP contribution in [0.5, 0.6) is 5.75 Å². The number of pyridine rings is 1. The minimum Gasteiger partial charge on any atom is -0.480 e. The number of aryl methyl sites for hydroxylation is 1. The molecule has 0 saturated heterocycles. The molecule has 0 spiro atoms. The summed E-state index contributed by atoms with van der Waals surface area (Å²) in [4.78, 5) is 27.4. The number of rotatable bonds is 5. The molecular weight excluding hydrogens is 336 g/mol. The van der Waals surface area contributed by atoms with Gasteiger partial charge >= 0.3 is 11.7 Å². The predicted molar refractivity (Wildman–Crippen MR) is 95.2 cm³/mol. The Morgan fingerprint density at radius 1 is 1.15 bits per heavy atom. The number of hydrogen-bond donors (Lipinski definition) is 0. The van der Waals surface area contributed by atoms with E-state index in [4.69, 9.17) is 9.47 Å². The summed E-state index contributed by atoms with van der Waals surface area (Å²) in [5.74, 6) is -0.414. The van der Waals surface area contributed by atoms with Crippen LogP contribution in [0.2, 0.25) is 0 Å². The number of nitrogens with zero attached hydrogens (tertiary/aromatic N) is 2. The number of benzene rings is 2. The zero-order valence-corrected chi connectivity index (χ0v) is 14.3. The molecule has 0 bridgehead atoms. The standard InChI is InChI=1S/C19H16N2O5/c1-12-13-7-3-4-8-14(13)20-15(18(12)19(22)25-2)11-26-17-10-6-5-9-16(17)21(23)24/h3-10H,11H2,1-2H3. The minimum absolute atomic E-state index is 0.0963. The minimum atomic E-state index is -0.526. The molecule has 0 radical (unpaired) electrons. The monoisotopic (exact) mass is 352 g/mol. The van der Waals surface area contributed by atoms with Crippen molar-refractivity contribution in [2.24, 2.45) is 0 Å². The first-order valence-corrected chi connectivity index (χ1v) is 7.85. The summed E-state index contributed by atoms with van der Waals surface area (Å²) < 4.78 is 10.5. The van der Waals surface area contributed by atoms with Gasteiger partial charge in [-0.2, -0.15) is 0 Å². The van der Waals surface area contributed by atoms with E-state index in [1.165, 1.54) is 19.2 Å². The fraction of sp³-hybridized carbons (Fsp3) is 0.158. The van der Waals surface area contributed by atoms with Crippen molar-refractivity contribution in [1.29, 1.82) is 0 Å². The second-order valence-electron chi connectivity index (χ2n) is 5.58. The Balaban J connectivity index is 2.04. The maximum atomic E-state index is 12.3. The lowest BCUT2D eigenvalue weighted by Gasteiger charge is -2.14. The molecule has 132 valence electrons. The number of carbonyl (C=O) groups excluding carboxylic acids is 1. The Bertz CT molecular complexity index is 1000. The molecule has 1 aromatic heterocycles. The van der Waals surface area contributed by atoms with Crippen LogP contribution in [-0.2, 0) is 11.3 Å². The van der Waals surface area contributed by atoms with Crippen LogP contribution in [0.15, 0.2) is 48.5 Å². The van der Waals surface area contributed by atoms with Crippen molar-refractivity contribution in [3.05, 3.63) is 75.5 Å². The number of para-hydroxylation sites is 3. The van der Waals surface area contributed by atoms with Crippen LogP contribution < -0.4 is 4.74 Å². The van der Waals surface area contributed by atoms with Crippen molar-refractivity contribution in [1.82, 2.24) is 4.98 Å². The maximum Gasteiger partial charge on any atom is 0.340 e. The van der Waals surface area contributed by atoms with E-state index in [0.29, 0.717) is 16.8 Å². The van der Waals surface area contributed by atoms with Gasteiger partial charge in [0, 0.05) is 11.5 Å². The molecule has 2 aromatic carbocycles. The summed E-state index contributed by atoms with van der Waals surface area (Å²) in [7, 11) is 1.30. The van der Waals surface area contributed by atoms with Crippen LogP contribution in [0.1, 0.15) is 21.6 Å². The lowest BCUT2D eigenvalue weighted by Crippen LogP contribution is -2.13. The molecule has 3 rings (SSSR count). The maximum absolute atomic E-state index is 12.3. The van der Waals surface area contributed by atoms with Crippen molar-refractivity contribution in [2.45, 2.75) is 13.5 Å². The fourth-order valence-electron chi connectivity index (χ4n) is 2.79. The highest BCUT2D eigenvalue weighted by Crippen LogP contribution is 2.28. The van der Waals surface area contributed by atoms with Crippen LogP contribution >= 0.6 is 0 Å². The Morgan fingerprint density at radius 2 is 1.85 bits per heavy atom. The van der Waals surface area contributed by atoms with E-state index in [1.807, 2.05) is 31.2 Å². The molecule has 0 N–H and O–H groups in total. The first-order valence-electron chi connectivity index (χ1n) is 7.85. The first kappa shape index (κ1) is 17.3. The van der Waals surface area contributed by atoms with Crippen LogP contribution in [0.4, 0.5) is 5.69 Å². The van der Waals surface area contributed by atoms with Gasteiger partial charge in [-0.05, 0) is 24.6 Å². The second kappa shape index (κ2) is 7.18.